The molecule has 1 amide bonds. The summed E-state index contributed by atoms with van der Waals surface area (Å²) in [6.45, 7) is 0. The van der Waals surface area contributed by atoms with E-state index in [2.05, 4.69) is 26.2 Å². The molecule has 0 fully saturated rings. The maximum absolute atomic E-state index is 13.3. The number of amides is 1. The number of halogens is 1. The summed E-state index contributed by atoms with van der Waals surface area (Å²) in [5, 5.41) is 2.41. The zero-order chi connectivity index (χ0) is 25.0. The number of thioether (sulfide) groups is 1. The van der Waals surface area contributed by atoms with Crippen LogP contribution in [-0.4, -0.2) is 39.3 Å². The minimum Gasteiger partial charge on any atom is -0.497 e. The second-order valence-corrected chi connectivity index (χ2v) is 10.7. The molecule has 0 saturated heterocycles. The molecule has 1 N–H and O–H groups in total. The first-order valence-corrected chi connectivity index (χ1v) is 13.3. The lowest BCUT2D eigenvalue weighted by Crippen LogP contribution is -2.15. The number of oxazole rings is 1. The standard InChI is InChI=1S/C23H19BrN2O7S2/c1-30-15-7-10-17(19(12-15)31-2)25-20(27)13-34-23-22(26-21(33-23)18-4-3-11-32-18)35(28,29)16-8-5-14(24)6-9-16/h3-12H,13H2,1-2H3,(H,25,27). The van der Waals surface area contributed by atoms with Crippen molar-refractivity contribution in [2.24, 2.45) is 0 Å². The van der Waals surface area contributed by atoms with Crippen molar-refractivity contribution in [2.75, 3.05) is 25.3 Å². The highest BCUT2D eigenvalue weighted by Crippen LogP contribution is 2.36. The lowest BCUT2D eigenvalue weighted by atomic mass is 10.2. The Hall–Kier alpha value is -3.22. The van der Waals surface area contributed by atoms with Gasteiger partial charge in [-0.1, -0.05) is 27.7 Å². The number of anilines is 1. The number of sulfone groups is 1. The van der Waals surface area contributed by atoms with Gasteiger partial charge in [-0.05, 0) is 48.5 Å². The van der Waals surface area contributed by atoms with E-state index >= 15 is 0 Å². The molecule has 35 heavy (non-hydrogen) atoms. The zero-order valence-electron chi connectivity index (χ0n) is 18.5. The van der Waals surface area contributed by atoms with Crippen molar-refractivity contribution in [1.82, 2.24) is 4.98 Å². The summed E-state index contributed by atoms with van der Waals surface area (Å²) < 4.78 is 48.8. The van der Waals surface area contributed by atoms with Gasteiger partial charge in [-0.25, -0.2) is 8.42 Å². The van der Waals surface area contributed by atoms with E-state index in [1.807, 2.05) is 0 Å². The fraction of sp³-hybridized carbons (Fsp3) is 0.130. The third kappa shape index (κ3) is 5.55. The number of benzene rings is 2. The fourth-order valence-electron chi connectivity index (χ4n) is 3.00. The fourth-order valence-corrected chi connectivity index (χ4v) is 5.60. The molecule has 0 bridgehead atoms. The normalized spacial score (nSPS) is 11.3. The Balaban J connectivity index is 1.59. The van der Waals surface area contributed by atoms with Gasteiger partial charge in [-0.2, -0.15) is 4.98 Å². The molecule has 0 aliphatic carbocycles. The number of methoxy groups -OCH3 is 2. The van der Waals surface area contributed by atoms with Crippen molar-refractivity contribution in [3.05, 3.63) is 65.3 Å². The summed E-state index contributed by atoms with van der Waals surface area (Å²) in [6.07, 6.45) is 1.42. The summed E-state index contributed by atoms with van der Waals surface area (Å²) in [6, 6.07) is 14.3. The predicted molar refractivity (Wildman–Crippen MR) is 133 cm³/mol. The van der Waals surface area contributed by atoms with Crippen LogP contribution in [-0.2, 0) is 14.6 Å². The van der Waals surface area contributed by atoms with Gasteiger partial charge in [-0.3, -0.25) is 4.79 Å². The van der Waals surface area contributed by atoms with Crippen molar-refractivity contribution in [1.29, 1.82) is 0 Å². The first-order valence-electron chi connectivity index (χ1n) is 10.0. The maximum Gasteiger partial charge on any atom is 0.265 e. The van der Waals surface area contributed by atoms with Crippen molar-refractivity contribution in [2.45, 2.75) is 15.0 Å². The predicted octanol–water partition coefficient (Wildman–Crippen LogP) is 5.28. The van der Waals surface area contributed by atoms with Crippen LogP contribution >= 0.6 is 27.7 Å². The minimum atomic E-state index is -4.04. The van der Waals surface area contributed by atoms with Crippen LogP contribution in [0.15, 0.2) is 89.2 Å². The molecular weight excluding hydrogens is 560 g/mol. The van der Waals surface area contributed by atoms with Gasteiger partial charge in [0, 0.05) is 10.5 Å². The van der Waals surface area contributed by atoms with Crippen LogP contribution in [0.3, 0.4) is 0 Å². The van der Waals surface area contributed by atoms with Gasteiger partial charge in [0.2, 0.25) is 25.9 Å². The van der Waals surface area contributed by atoms with Crippen molar-refractivity contribution < 1.29 is 31.5 Å². The number of aromatic nitrogens is 1. The quantitative estimate of drug-likeness (QED) is 0.264. The van der Waals surface area contributed by atoms with Gasteiger partial charge in [0.05, 0.1) is 36.8 Å². The average Bonchev–Trinajstić information content (AvgIpc) is 3.54. The zero-order valence-corrected chi connectivity index (χ0v) is 21.7. The SMILES string of the molecule is COc1ccc(NC(=O)CSc2oc(-c3ccco3)nc2S(=O)(=O)c2ccc(Br)cc2)c(OC)c1. The molecule has 0 unspecified atom stereocenters. The molecule has 2 heterocycles. The molecule has 0 aliphatic heterocycles. The molecule has 9 nitrogen and oxygen atoms in total. The lowest BCUT2D eigenvalue weighted by Gasteiger charge is -2.11. The summed E-state index contributed by atoms with van der Waals surface area (Å²) in [5.41, 5.74) is 0.440. The Labute approximate surface area is 213 Å². The Morgan fingerprint density at radius 3 is 2.54 bits per heavy atom. The van der Waals surface area contributed by atoms with E-state index in [0.717, 1.165) is 16.2 Å². The molecule has 0 atom stereocenters. The second kappa shape index (κ2) is 10.6. The Bertz CT molecular complexity index is 1430. The Morgan fingerprint density at radius 1 is 1.11 bits per heavy atom. The lowest BCUT2D eigenvalue weighted by molar-refractivity contribution is -0.113. The Kier molecular flexibility index (Phi) is 7.53. The van der Waals surface area contributed by atoms with Crippen molar-refractivity contribution in [3.63, 3.8) is 0 Å². The largest absolute Gasteiger partial charge is 0.497 e. The highest BCUT2D eigenvalue weighted by Gasteiger charge is 2.30. The number of hydrogen-bond acceptors (Lipinski definition) is 9. The van der Waals surface area contributed by atoms with Gasteiger partial charge in [0.1, 0.15) is 11.5 Å². The number of furan rings is 1. The van der Waals surface area contributed by atoms with Crippen LogP contribution < -0.4 is 14.8 Å². The summed E-state index contributed by atoms with van der Waals surface area (Å²) in [4.78, 5) is 16.9. The van der Waals surface area contributed by atoms with E-state index in [1.54, 1.807) is 42.5 Å². The van der Waals surface area contributed by atoms with Gasteiger partial charge in [0.25, 0.3) is 5.89 Å². The molecule has 4 rings (SSSR count). The monoisotopic (exact) mass is 578 g/mol. The van der Waals surface area contributed by atoms with Crippen LogP contribution in [0.4, 0.5) is 5.69 Å². The van der Waals surface area contributed by atoms with Gasteiger partial charge >= 0.3 is 0 Å². The van der Waals surface area contributed by atoms with Crippen LogP contribution in [0.1, 0.15) is 0 Å². The highest BCUT2D eigenvalue weighted by molar-refractivity contribution is 9.10. The maximum atomic E-state index is 13.3. The third-order valence-corrected chi connectivity index (χ3v) is 7.98. The smallest absolute Gasteiger partial charge is 0.265 e. The van der Waals surface area contributed by atoms with E-state index in [0.29, 0.717) is 17.2 Å². The number of ether oxygens (including phenoxy) is 2. The topological polar surface area (TPSA) is 121 Å². The van der Waals surface area contributed by atoms with E-state index in [-0.39, 0.29) is 32.4 Å². The van der Waals surface area contributed by atoms with Crippen LogP contribution in [0.2, 0.25) is 0 Å². The van der Waals surface area contributed by atoms with Crippen LogP contribution in [0.25, 0.3) is 11.7 Å². The third-order valence-electron chi connectivity index (χ3n) is 4.69. The molecule has 0 saturated carbocycles. The summed E-state index contributed by atoms with van der Waals surface area (Å²) >= 11 is 4.20. The first-order chi connectivity index (χ1) is 16.8. The molecule has 4 aromatic rings. The molecular formula is C23H19BrN2O7S2. The van der Waals surface area contributed by atoms with Crippen LogP contribution in [0.5, 0.6) is 11.5 Å². The average molecular weight is 579 g/mol. The van der Waals surface area contributed by atoms with Gasteiger partial charge in [-0.15, -0.1) is 0 Å². The summed E-state index contributed by atoms with van der Waals surface area (Å²) in [5.74, 6) is 0.693. The van der Waals surface area contributed by atoms with Gasteiger partial charge in [0.15, 0.2) is 5.76 Å². The number of hydrogen-bond donors (Lipinski definition) is 1. The second-order valence-electron chi connectivity index (χ2n) is 6.95. The molecule has 182 valence electrons. The first kappa shape index (κ1) is 24.9. The van der Waals surface area contributed by atoms with E-state index in [4.69, 9.17) is 18.3 Å². The molecule has 0 radical (unpaired) electrons. The number of carbonyl (C=O) groups excluding carboxylic acids is 1. The number of nitrogens with zero attached hydrogens (tertiary/aromatic N) is 1. The number of nitrogens with one attached hydrogen (secondary N) is 1. The molecule has 0 aliphatic rings. The molecule has 2 aromatic carbocycles. The van der Waals surface area contributed by atoms with Crippen LogP contribution in [0, 0.1) is 0 Å². The number of rotatable bonds is 9. The molecule has 12 heteroatoms. The van der Waals surface area contributed by atoms with Gasteiger partial charge < -0.3 is 23.6 Å². The van der Waals surface area contributed by atoms with E-state index in [9.17, 15) is 13.2 Å². The Morgan fingerprint density at radius 2 is 1.89 bits per heavy atom. The van der Waals surface area contributed by atoms with Crippen molar-refractivity contribution in [3.8, 4) is 23.1 Å². The van der Waals surface area contributed by atoms with Crippen molar-refractivity contribution >= 4 is 49.1 Å². The minimum absolute atomic E-state index is 0.00887. The highest BCUT2D eigenvalue weighted by atomic mass is 79.9. The molecule has 2 aromatic heterocycles. The molecule has 0 spiro atoms. The summed E-state index contributed by atoms with van der Waals surface area (Å²) in [7, 11) is -1.03. The number of carbonyl (C=O) groups is 1. The van der Waals surface area contributed by atoms with E-state index < -0.39 is 15.7 Å². The van der Waals surface area contributed by atoms with E-state index in [1.165, 1.54) is 32.6 Å².